The average Bonchev–Trinajstić information content (AvgIpc) is 2.40. The third-order valence-electron chi connectivity index (χ3n) is 1.92. The van der Waals surface area contributed by atoms with E-state index < -0.39 is 10.2 Å². The van der Waals surface area contributed by atoms with Crippen molar-refractivity contribution >= 4 is 32.0 Å². The number of halogens is 1. The molecule has 1 heterocycles. The Labute approximate surface area is 125 Å². The summed E-state index contributed by atoms with van der Waals surface area (Å²) >= 11 is 3.13. The number of nitrogens with one attached hydrogen (secondary N) is 2. The number of methoxy groups -OCH3 is 1. The molecule has 0 aliphatic rings. The normalized spacial score (nSPS) is 11.3. The van der Waals surface area contributed by atoms with E-state index in [0.717, 1.165) is 6.33 Å². The van der Waals surface area contributed by atoms with Crippen LogP contribution in [0.3, 0.4) is 0 Å². The first-order valence-corrected chi connectivity index (χ1v) is 7.78. The highest BCUT2D eigenvalue weighted by molar-refractivity contribution is 9.10. The van der Waals surface area contributed by atoms with Gasteiger partial charge in [0.2, 0.25) is 5.88 Å². The average molecular weight is 371 g/mol. The largest absolute Gasteiger partial charge is 0.474 e. The SMILES string of the molecule is COCCNS(=O)(=O)Nc1ncnc(OCCO)c1Br. The Kier molecular flexibility index (Phi) is 7.09. The fourth-order valence-electron chi connectivity index (χ4n) is 1.11. The molecule has 0 saturated heterocycles. The first-order chi connectivity index (χ1) is 9.50. The van der Waals surface area contributed by atoms with Crippen molar-refractivity contribution in [2.24, 2.45) is 0 Å². The fraction of sp³-hybridized carbons (Fsp3) is 0.556. The second-order valence-corrected chi connectivity index (χ2v) is 5.70. The summed E-state index contributed by atoms with van der Waals surface area (Å²) in [6.07, 6.45) is 1.14. The number of aromatic nitrogens is 2. The van der Waals surface area contributed by atoms with Gasteiger partial charge in [-0.1, -0.05) is 0 Å². The number of nitrogens with zero attached hydrogens (tertiary/aromatic N) is 2. The highest BCUT2D eigenvalue weighted by atomic mass is 79.9. The molecule has 0 aliphatic heterocycles. The van der Waals surface area contributed by atoms with E-state index in [2.05, 4.69) is 35.3 Å². The van der Waals surface area contributed by atoms with Gasteiger partial charge in [0.1, 0.15) is 17.4 Å². The minimum Gasteiger partial charge on any atom is -0.474 e. The van der Waals surface area contributed by atoms with Gasteiger partial charge < -0.3 is 14.6 Å². The molecule has 0 aliphatic carbocycles. The van der Waals surface area contributed by atoms with E-state index in [9.17, 15) is 8.42 Å². The Hall–Kier alpha value is -1.01. The molecule has 1 aromatic heterocycles. The second-order valence-electron chi connectivity index (χ2n) is 3.41. The molecule has 3 N–H and O–H groups in total. The van der Waals surface area contributed by atoms with Gasteiger partial charge in [-0.2, -0.15) is 13.1 Å². The highest BCUT2D eigenvalue weighted by Gasteiger charge is 2.16. The molecule has 9 nitrogen and oxygen atoms in total. The smallest absolute Gasteiger partial charge is 0.300 e. The first-order valence-electron chi connectivity index (χ1n) is 5.50. The Morgan fingerprint density at radius 3 is 2.80 bits per heavy atom. The summed E-state index contributed by atoms with van der Waals surface area (Å²) in [4.78, 5) is 7.61. The zero-order valence-electron chi connectivity index (χ0n) is 10.7. The Balaban J connectivity index is 2.76. The molecule has 0 amide bonds. The van der Waals surface area contributed by atoms with Gasteiger partial charge in [-0.15, -0.1) is 0 Å². The Morgan fingerprint density at radius 1 is 1.40 bits per heavy atom. The number of hydrogen-bond acceptors (Lipinski definition) is 7. The summed E-state index contributed by atoms with van der Waals surface area (Å²) in [6, 6.07) is 0. The molecule has 1 aromatic rings. The summed E-state index contributed by atoms with van der Waals surface area (Å²) in [5, 5.41) is 8.68. The molecule has 0 spiro atoms. The van der Waals surface area contributed by atoms with Crippen LogP contribution in [0.15, 0.2) is 10.8 Å². The molecule has 0 bridgehead atoms. The third kappa shape index (κ3) is 5.54. The van der Waals surface area contributed by atoms with E-state index in [1.54, 1.807) is 0 Å². The quantitative estimate of drug-likeness (QED) is 0.500. The van der Waals surface area contributed by atoms with Crippen molar-refractivity contribution in [1.29, 1.82) is 0 Å². The highest BCUT2D eigenvalue weighted by Crippen LogP contribution is 2.28. The molecular formula is C9H15BrN4O5S. The van der Waals surface area contributed by atoms with Gasteiger partial charge in [0, 0.05) is 13.7 Å². The van der Waals surface area contributed by atoms with E-state index in [0.29, 0.717) is 0 Å². The molecule has 1 rings (SSSR count). The summed E-state index contributed by atoms with van der Waals surface area (Å²) < 4.78 is 38.0. The van der Waals surface area contributed by atoms with Crippen molar-refractivity contribution in [2.45, 2.75) is 0 Å². The van der Waals surface area contributed by atoms with Gasteiger partial charge in [-0.3, -0.25) is 4.72 Å². The van der Waals surface area contributed by atoms with Gasteiger partial charge in [-0.25, -0.2) is 9.97 Å². The van der Waals surface area contributed by atoms with Crippen LogP contribution in [0.2, 0.25) is 0 Å². The Morgan fingerprint density at radius 2 is 2.15 bits per heavy atom. The maximum atomic E-state index is 11.7. The summed E-state index contributed by atoms with van der Waals surface area (Å²) in [5.74, 6) is 0.154. The molecule has 0 saturated carbocycles. The summed E-state index contributed by atoms with van der Waals surface area (Å²) in [7, 11) is -2.31. The molecule has 11 heteroatoms. The van der Waals surface area contributed by atoms with E-state index in [-0.39, 0.29) is 42.5 Å². The molecule has 0 radical (unpaired) electrons. The molecule has 0 atom stereocenters. The van der Waals surface area contributed by atoms with Crippen molar-refractivity contribution in [3.05, 3.63) is 10.8 Å². The van der Waals surface area contributed by atoms with E-state index in [1.807, 2.05) is 0 Å². The van der Waals surface area contributed by atoms with Crippen LogP contribution in [0.4, 0.5) is 5.82 Å². The number of aliphatic hydroxyl groups excluding tert-OH is 1. The third-order valence-corrected chi connectivity index (χ3v) is 3.68. The van der Waals surface area contributed by atoms with Crippen LogP contribution >= 0.6 is 15.9 Å². The lowest BCUT2D eigenvalue weighted by Crippen LogP contribution is -2.33. The zero-order chi connectivity index (χ0) is 15.0. The van der Waals surface area contributed by atoms with Crippen LogP contribution in [0.1, 0.15) is 0 Å². The second kappa shape index (κ2) is 8.32. The van der Waals surface area contributed by atoms with Crippen molar-refractivity contribution in [2.75, 3.05) is 38.2 Å². The standard InChI is InChI=1S/C9H15BrN4O5S/c1-18-4-2-13-20(16,17)14-8-7(10)9(12-6-11-8)19-5-3-15/h6,13,15H,2-5H2,1H3,(H,11,12,14). The monoisotopic (exact) mass is 370 g/mol. The molecular weight excluding hydrogens is 356 g/mol. The maximum absolute atomic E-state index is 11.7. The molecule has 0 aromatic carbocycles. The summed E-state index contributed by atoms with van der Waals surface area (Å²) in [6.45, 7) is 0.225. The van der Waals surface area contributed by atoms with Gasteiger partial charge in [-0.05, 0) is 15.9 Å². The van der Waals surface area contributed by atoms with Crippen molar-refractivity contribution in [1.82, 2.24) is 14.7 Å². The molecule has 114 valence electrons. The fourth-order valence-corrected chi connectivity index (χ4v) is 2.49. The van der Waals surface area contributed by atoms with Crippen molar-refractivity contribution in [3.63, 3.8) is 0 Å². The first kappa shape index (κ1) is 17.0. The lowest BCUT2D eigenvalue weighted by Gasteiger charge is -2.11. The number of ether oxygens (including phenoxy) is 2. The number of rotatable bonds is 9. The van der Waals surface area contributed by atoms with Crippen LogP contribution in [-0.4, -0.2) is 57.0 Å². The lowest BCUT2D eigenvalue weighted by molar-refractivity contribution is 0.196. The van der Waals surface area contributed by atoms with E-state index in [1.165, 1.54) is 7.11 Å². The predicted octanol–water partition coefficient (Wildman–Crippen LogP) is -0.497. The van der Waals surface area contributed by atoms with Crippen LogP contribution in [0.25, 0.3) is 0 Å². The number of hydrogen-bond donors (Lipinski definition) is 3. The van der Waals surface area contributed by atoms with Crippen LogP contribution < -0.4 is 14.2 Å². The Bertz CT molecular complexity index is 527. The topological polar surface area (TPSA) is 123 Å². The number of anilines is 1. The minimum absolute atomic E-state index is 0.0258. The minimum atomic E-state index is -3.77. The van der Waals surface area contributed by atoms with Gasteiger partial charge in [0.25, 0.3) is 10.2 Å². The molecule has 0 unspecified atom stereocenters. The van der Waals surface area contributed by atoms with Gasteiger partial charge in [0.15, 0.2) is 5.82 Å². The lowest BCUT2D eigenvalue weighted by atomic mass is 10.6. The van der Waals surface area contributed by atoms with Crippen LogP contribution in [-0.2, 0) is 14.9 Å². The van der Waals surface area contributed by atoms with E-state index >= 15 is 0 Å². The van der Waals surface area contributed by atoms with Gasteiger partial charge >= 0.3 is 0 Å². The number of aliphatic hydroxyl groups is 1. The van der Waals surface area contributed by atoms with Gasteiger partial charge in [0.05, 0.1) is 13.2 Å². The maximum Gasteiger partial charge on any atom is 0.300 e. The molecule has 0 fully saturated rings. The van der Waals surface area contributed by atoms with Crippen molar-refractivity contribution < 1.29 is 23.0 Å². The van der Waals surface area contributed by atoms with E-state index in [4.69, 9.17) is 14.6 Å². The van der Waals surface area contributed by atoms with Crippen molar-refractivity contribution in [3.8, 4) is 5.88 Å². The zero-order valence-corrected chi connectivity index (χ0v) is 13.1. The molecule has 20 heavy (non-hydrogen) atoms. The summed E-state index contributed by atoms with van der Waals surface area (Å²) in [5.41, 5.74) is 0. The predicted molar refractivity (Wildman–Crippen MR) is 74.7 cm³/mol. The van der Waals surface area contributed by atoms with Crippen LogP contribution in [0, 0.1) is 0 Å². The van der Waals surface area contributed by atoms with Crippen LogP contribution in [0.5, 0.6) is 5.88 Å².